The average Bonchev–Trinajstić information content (AvgIpc) is 2.78. The highest BCUT2D eigenvalue weighted by atomic mass is 32.1. The Balaban J connectivity index is 2.22. The summed E-state index contributed by atoms with van der Waals surface area (Å²) in [4.78, 5) is 17.1. The summed E-state index contributed by atoms with van der Waals surface area (Å²) in [5, 5.41) is 3.02. The van der Waals surface area contributed by atoms with Gasteiger partial charge in [0.15, 0.2) is 0 Å². The van der Waals surface area contributed by atoms with Gasteiger partial charge in [0, 0.05) is 5.69 Å². The van der Waals surface area contributed by atoms with Gasteiger partial charge < -0.3 is 11.1 Å². The maximum Gasteiger partial charge on any atom is 0.253 e. The average molecular weight is 277 g/mol. The summed E-state index contributed by atoms with van der Waals surface area (Å²) < 4.78 is 0. The molecule has 1 fully saturated rings. The van der Waals surface area contributed by atoms with Gasteiger partial charge >= 0.3 is 0 Å². The van der Waals surface area contributed by atoms with Crippen molar-refractivity contribution in [3.8, 4) is 0 Å². The Kier molecular flexibility index (Phi) is 3.85. The van der Waals surface area contributed by atoms with E-state index < -0.39 is 5.54 Å². The normalized spacial score (nSPS) is 17.2. The van der Waals surface area contributed by atoms with Crippen LogP contribution in [0.2, 0.25) is 0 Å². The number of pyridine rings is 1. The van der Waals surface area contributed by atoms with Crippen molar-refractivity contribution in [2.24, 2.45) is 5.73 Å². The van der Waals surface area contributed by atoms with Crippen molar-refractivity contribution in [1.29, 1.82) is 0 Å². The highest BCUT2D eigenvalue weighted by Gasteiger charge is 2.38. The van der Waals surface area contributed by atoms with Gasteiger partial charge in [0.2, 0.25) is 0 Å². The summed E-state index contributed by atoms with van der Waals surface area (Å²) in [6.45, 7) is 3.74. The molecule has 0 atom stereocenters. The number of nitrogens with zero attached hydrogens (tertiary/aromatic N) is 1. The summed E-state index contributed by atoms with van der Waals surface area (Å²) in [5.74, 6) is -0.139. The smallest absolute Gasteiger partial charge is 0.253 e. The van der Waals surface area contributed by atoms with Gasteiger partial charge in [-0.3, -0.25) is 9.78 Å². The molecule has 1 saturated carbocycles. The lowest BCUT2D eigenvalue weighted by Gasteiger charge is -2.29. The number of hydrogen-bond acceptors (Lipinski definition) is 3. The van der Waals surface area contributed by atoms with Crippen LogP contribution >= 0.6 is 12.2 Å². The number of carbonyl (C=O) groups is 1. The van der Waals surface area contributed by atoms with Gasteiger partial charge in [-0.05, 0) is 38.8 Å². The summed E-state index contributed by atoms with van der Waals surface area (Å²) in [5.41, 5.74) is 7.54. The van der Waals surface area contributed by atoms with Gasteiger partial charge in [-0.15, -0.1) is 0 Å². The van der Waals surface area contributed by atoms with E-state index in [1.165, 1.54) is 0 Å². The van der Waals surface area contributed by atoms with Crippen molar-refractivity contribution >= 4 is 23.1 Å². The number of nitrogens with two attached hydrogens (primary N) is 1. The van der Waals surface area contributed by atoms with Crippen LogP contribution in [0.5, 0.6) is 0 Å². The summed E-state index contributed by atoms with van der Waals surface area (Å²) in [6.07, 6.45) is 3.74. The number of amides is 1. The van der Waals surface area contributed by atoms with Gasteiger partial charge in [0.25, 0.3) is 5.91 Å². The molecular formula is C14H19N3OS. The van der Waals surface area contributed by atoms with E-state index in [9.17, 15) is 4.79 Å². The summed E-state index contributed by atoms with van der Waals surface area (Å²) in [7, 11) is 0. The molecule has 1 aliphatic carbocycles. The van der Waals surface area contributed by atoms with Crippen LogP contribution in [-0.2, 0) is 0 Å². The second-order valence-electron chi connectivity index (χ2n) is 5.19. The predicted octanol–water partition coefficient (Wildman–Crippen LogP) is 2.03. The van der Waals surface area contributed by atoms with Gasteiger partial charge in [0.05, 0.1) is 21.8 Å². The zero-order chi connectivity index (χ0) is 14.0. The molecule has 3 N–H and O–H groups in total. The van der Waals surface area contributed by atoms with Crippen LogP contribution in [0.1, 0.15) is 47.4 Å². The third-order valence-corrected chi connectivity index (χ3v) is 4.14. The highest BCUT2D eigenvalue weighted by Crippen LogP contribution is 2.30. The van der Waals surface area contributed by atoms with Crippen molar-refractivity contribution in [3.05, 3.63) is 29.1 Å². The quantitative estimate of drug-likeness (QED) is 0.830. The largest absolute Gasteiger partial charge is 0.391 e. The molecule has 4 nitrogen and oxygen atoms in total. The molecule has 0 radical (unpaired) electrons. The number of aromatic nitrogens is 1. The Morgan fingerprint density at radius 2 is 2.00 bits per heavy atom. The number of thiocarbonyl (C=S) groups is 1. The second-order valence-corrected chi connectivity index (χ2v) is 5.63. The highest BCUT2D eigenvalue weighted by molar-refractivity contribution is 7.80. The minimum Gasteiger partial charge on any atom is -0.391 e. The Hall–Kier alpha value is -1.49. The molecule has 5 heteroatoms. The van der Waals surface area contributed by atoms with E-state index in [0.717, 1.165) is 37.1 Å². The van der Waals surface area contributed by atoms with E-state index in [1.807, 2.05) is 19.9 Å². The minimum absolute atomic E-state index is 0.139. The Bertz CT molecular complexity index is 521. The van der Waals surface area contributed by atoms with Gasteiger partial charge in [-0.2, -0.15) is 0 Å². The van der Waals surface area contributed by atoms with Gasteiger partial charge in [0.1, 0.15) is 0 Å². The fourth-order valence-corrected chi connectivity index (χ4v) is 2.88. The molecule has 0 saturated heterocycles. The Morgan fingerprint density at radius 1 is 1.37 bits per heavy atom. The lowest BCUT2D eigenvalue weighted by molar-refractivity contribution is 0.0923. The molecule has 0 aromatic carbocycles. The Labute approximate surface area is 118 Å². The van der Waals surface area contributed by atoms with Crippen LogP contribution in [0, 0.1) is 13.8 Å². The fourth-order valence-electron chi connectivity index (χ4n) is 2.62. The third-order valence-electron chi connectivity index (χ3n) is 3.75. The summed E-state index contributed by atoms with van der Waals surface area (Å²) >= 11 is 5.14. The summed E-state index contributed by atoms with van der Waals surface area (Å²) in [6, 6.07) is 3.64. The molecule has 1 heterocycles. The molecule has 0 unspecified atom stereocenters. The number of carbonyl (C=O) groups excluding carboxylic acids is 1. The topological polar surface area (TPSA) is 68.0 Å². The lowest BCUT2D eigenvalue weighted by atomic mass is 9.96. The zero-order valence-electron chi connectivity index (χ0n) is 11.3. The first-order valence-electron chi connectivity index (χ1n) is 6.51. The first-order chi connectivity index (χ1) is 8.94. The van der Waals surface area contributed by atoms with Crippen LogP contribution in [-0.4, -0.2) is 21.4 Å². The molecular weight excluding hydrogens is 258 g/mol. The molecule has 19 heavy (non-hydrogen) atoms. The maximum absolute atomic E-state index is 12.4. The van der Waals surface area contributed by atoms with E-state index in [4.69, 9.17) is 18.0 Å². The van der Waals surface area contributed by atoms with Gasteiger partial charge in [-0.1, -0.05) is 25.1 Å². The molecule has 102 valence electrons. The fraction of sp³-hybridized carbons (Fsp3) is 0.500. The molecule has 1 aliphatic rings. The van der Waals surface area contributed by atoms with E-state index in [1.54, 1.807) is 6.07 Å². The molecule has 0 bridgehead atoms. The number of hydrogen-bond donors (Lipinski definition) is 2. The molecule has 1 amide bonds. The first-order valence-corrected chi connectivity index (χ1v) is 6.92. The van der Waals surface area contributed by atoms with Crippen molar-refractivity contribution < 1.29 is 4.79 Å². The van der Waals surface area contributed by atoms with E-state index in [0.29, 0.717) is 10.6 Å². The second kappa shape index (κ2) is 5.25. The van der Waals surface area contributed by atoms with Crippen molar-refractivity contribution in [2.45, 2.75) is 45.1 Å². The van der Waals surface area contributed by atoms with E-state index >= 15 is 0 Å². The number of rotatable bonds is 3. The van der Waals surface area contributed by atoms with Gasteiger partial charge in [-0.25, -0.2) is 0 Å². The SMILES string of the molecule is Cc1ccc(C(=O)NC2(C(N)=S)CCCC2)c(C)n1. The van der Waals surface area contributed by atoms with Crippen LogP contribution in [0.25, 0.3) is 0 Å². The monoisotopic (exact) mass is 277 g/mol. The number of nitrogens with one attached hydrogen (secondary N) is 1. The van der Waals surface area contributed by atoms with E-state index in [-0.39, 0.29) is 5.91 Å². The zero-order valence-corrected chi connectivity index (χ0v) is 12.1. The third kappa shape index (κ3) is 2.76. The minimum atomic E-state index is -0.510. The number of aryl methyl sites for hydroxylation is 2. The van der Waals surface area contributed by atoms with Crippen molar-refractivity contribution in [2.75, 3.05) is 0 Å². The first kappa shape index (κ1) is 13.9. The molecule has 0 spiro atoms. The van der Waals surface area contributed by atoms with Crippen LogP contribution in [0.4, 0.5) is 0 Å². The Morgan fingerprint density at radius 3 is 2.53 bits per heavy atom. The molecule has 0 aliphatic heterocycles. The van der Waals surface area contributed by atoms with Crippen molar-refractivity contribution in [1.82, 2.24) is 10.3 Å². The molecule has 2 rings (SSSR count). The van der Waals surface area contributed by atoms with Crippen LogP contribution < -0.4 is 11.1 Å². The molecule has 1 aromatic heterocycles. The van der Waals surface area contributed by atoms with Crippen LogP contribution in [0.3, 0.4) is 0 Å². The standard InChI is InChI=1S/C14H19N3OS/c1-9-5-6-11(10(2)16-9)12(18)17-14(13(15)19)7-3-4-8-14/h5-6H,3-4,7-8H2,1-2H3,(H2,15,19)(H,17,18). The van der Waals surface area contributed by atoms with E-state index in [2.05, 4.69) is 10.3 Å². The molecule has 1 aromatic rings. The van der Waals surface area contributed by atoms with Crippen molar-refractivity contribution in [3.63, 3.8) is 0 Å². The maximum atomic E-state index is 12.4. The lowest BCUT2D eigenvalue weighted by Crippen LogP contribution is -2.54. The predicted molar refractivity (Wildman–Crippen MR) is 79.2 cm³/mol. The van der Waals surface area contributed by atoms with Crippen LogP contribution in [0.15, 0.2) is 12.1 Å².